The van der Waals surface area contributed by atoms with Crippen LogP contribution in [0.1, 0.15) is 34.1 Å². The molecule has 0 aliphatic heterocycles. The van der Waals surface area contributed by atoms with Gasteiger partial charge in [-0.1, -0.05) is 33.8 Å². The van der Waals surface area contributed by atoms with E-state index in [0.717, 1.165) is 12.3 Å². The molecule has 0 aromatic rings. The van der Waals surface area contributed by atoms with Crippen molar-refractivity contribution in [1.29, 1.82) is 0 Å². The molecule has 13 heavy (non-hydrogen) atoms. The quantitative estimate of drug-likeness (QED) is 0.658. The lowest BCUT2D eigenvalue weighted by Crippen LogP contribution is -2.29. The molecule has 0 amide bonds. The monoisotopic (exact) mass is 181 g/mol. The summed E-state index contributed by atoms with van der Waals surface area (Å²) in [4.78, 5) is 0. The van der Waals surface area contributed by atoms with Crippen LogP contribution in [0.5, 0.6) is 0 Å². The van der Waals surface area contributed by atoms with Gasteiger partial charge in [-0.25, -0.2) is 0 Å². The minimum absolute atomic E-state index is 0.476. The van der Waals surface area contributed by atoms with Crippen LogP contribution in [-0.2, 0) is 0 Å². The molecule has 0 radical (unpaired) electrons. The van der Waals surface area contributed by atoms with Crippen LogP contribution in [0.3, 0.4) is 0 Å². The van der Waals surface area contributed by atoms with Crippen molar-refractivity contribution in [2.75, 3.05) is 7.05 Å². The molecule has 76 valence electrons. The maximum absolute atomic E-state index is 3.81. The van der Waals surface area contributed by atoms with Crippen LogP contribution in [0.15, 0.2) is 12.7 Å². The molecule has 0 heterocycles. The number of hydrogen-bond donors (Lipinski definition) is 1. The Labute approximate surface area is 82.6 Å². The summed E-state index contributed by atoms with van der Waals surface area (Å²) in [6, 6.07) is 0.600. The van der Waals surface area contributed by atoms with Crippen molar-refractivity contribution in [2.45, 2.75) is 40.2 Å². The standard InChI is InChI=1S/C12H23N/c1-7-8-9(13-6)10-11(2,3)12(10,4)5/h7,9-10,13H,1,8H2,2-6H3. The second-order valence-corrected chi connectivity index (χ2v) is 5.34. The maximum atomic E-state index is 3.81. The molecule has 0 aromatic carbocycles. The van der Waals surface area contributed by atoms with Gasteiger partial charge in [-0.2, -0.15) is 0 Å². The summed E-state index contributed by atoms with van der Waals surface area (Å²) in [7, 11) is 2.05. The molecule has 1 rings (SSSR count). The van der Waals surface area contributed by atoms with E-state index >= 15 is 0 Å². The second-order valence-electron chi connectivity index (χ2n) is 5.34. The van der Waals surface area contributed by atoms with E-state index in [0.29, 0.717) is 16.9 Å². The van der Waals surface area contributed by atoms with Gasteiger partial charge >= 0.3 is 0 Å². The Kier molecular flexibility index (Phi) is 2.59. The van der Waals surface area contributed by atoms with E-state index in [1.165, 1.54) is 0 Å². The predicted octanol–water partition coefficient (Wildman–Crippen LogP) is 2.83. The first-order valence-corrected chi connectivity index (χ1v) is 5.17. The topological polar surface area (TPSA) is 12.0 Å². The maximum Gasteiger partial charge on any atom is 0.0137 e. The highest BCUT2D eigenvalue weighted by molar-refractivity contribution is 5.16. The second kappa shape index (κ2) is 3.13. The Morgan fingerprint density at radius 3 is 2.00 bits per heavy atom. The minimum Gasteiger partial charge on any atom is -0.316 e. The van der Waals surface area contributed by atoms with E-state index in [2.05, 4.69) is 46.6 Å². The van der Waals surface area contributed by atoms with E-state index in [1.54, 1.807) is 0 Å². The first-order chi connectivity index (χ1) is 5.89. The van der Waals surface area contributed by atoms with Crippen molar-refractivity contribution in [3.05, 3.63) is 12.7 Å². The zero-order valence-corrected chi connectivity index (χ0v) is 9.65. The summed E-state index contributed by atoms with van der Waals surface area (Å²) in [6.07, 6.45) is 3.10. The lowest BCUT2D eigenvalue weighted by atomic mass is 10.0. The molecule has 1 saturated carbocycles. The van der Waals surface area contributed by atoms with Gasteiger partial charge in [-0.15, -0.1) is 6.58 Å². The Balaban J connectivity index is 2.69. The summed E-state index contributed by atoms with van der Waals surface area (Å²) >= 11 is 0. The molecule has 1 atom stereocenters. The van der Waals surface area contributed by atoms with Crippen molar-refractivity contribution in [3.63, 3.8) is 0 Å². The van der Waals surface area contributed by atoms with Gasteiger partial charge in [0.2, 0.25) is 0 Å². The lowest BCUT2D eigenvalue weighted by Gasteiger charge is -2.16. The molecular formula is C12H23N. The van der Waals surface area contributed by atoms with Gasteiger partial charge in [0.15, 0.2) is 0 Å². The van der Waals surface area contributed by atoms with E-state index in [9.17, 15) is 0 Å². The third-order valence-corrected chi connectivity index (χ3v) is 4.33. The van der Waals surface area contributed by atoms with Crippen LogP contribution in [0.25, 0.3) is 0 Å². The van der Waals surface area contributed by atoms with Crippen molar-refractivity contribution in [1.82, 2.24) is 5.32 Å². The van der Waals surface area contributed by atoms with Gasteiger partial charge in [-0.05, 0) is 30.2 Å². The molecule has 1 fully saturated rings. The normalized spacial score (nSPS) is 26.8. The van der Waals surface area contributed by atoms with Crippen molar-refractivity contribution in [2.24, 2.45) is 16.7 Å². The first-order valence-electron chi connectivity index (χ1n) is 5.17. The van der Waals surface area contributed by atoms with E-state index < -0.39 is 0 Å². The summed E-state index contributed by atoms with van der Waals surface area (Å²) in [6.45, 7) is 13.3. The zero-order chi connectivity index (χ0) is 10.3. The molecular weight excluding hydrogens is 158 g/mol. The molecule has 0 bridgehead atoms. The zero-order valence-electron chi connectivity index (χ0n) is 9.65. The minimum atomic E-state index is 0.476. The first kappa shape index (κ1) is 10.8. The average Bonchev–Trinajstić information content (AvgIpc) is 2.40. The predicted molar refractivity (Wildman–Crippen MR) is 58.7 cm³/mol. The molecule has 0 aromatic heterocycles. The highest BCUT2D eigenvalue weighted by Crippen LogP contribution is 2.69. The van der Waals surface area contributed by atoms with E-state index in [-0.39, 0.29) is 0 Å². The van der Waals surface area contributed by atoms with E-state index in [4.69, 9.17) is 0 Å². The van der Waals surface area contributed by atoms with Gasteiger partial charge < -0.3 is 5.32 Å². The highest BCUT2D eigenvalue weighted by Gasteiger charge is 2.66. The lowest BCUT2D eigenvalue weighted by molar-refractivity contribution is 0.427. The van der Waals surface area contributed by atoms with Crippen LogP contribution in [-0.4, -0.2) is 13.1 Å². The van der Waals surface area contributed by atoms with Gasteiger partial charge in [0.1, 0.15) is 0 Å². The van der Waals surface area contributed by atoms with Gasteiger partial charge in [0.05, 0.1) is 0 Å². The summed E-state index contributed by atoms with van der Waals surface area (Å²) in [5, 5.41) is 3.40. The Morgan fingerprint density at radius 2 is 1.77 bits per heavy atom. The third-order valence-electron chi connectivity index (χ3n) is 4.33. The number of rotatable bonds is 4. The third kappa shape index (κ3) is 1.43. The van der Waals surface area contributed by atoms with Crippen LogP contribution in [0.2, 0.25) is 0 Å². The largest absolute Gasteiger partial charge is 0.316 e. The SMILES string of the molecule is C=CCC(NC)C1C(C)(C)C1(C)C. The Bertz CT molecular complexity index is 189. The van der Waals surface area contributed by atoms with Crippen molar-refractivity contribution >= 4 is 0 Å². The van der Waals surface area contributed by atoms with Crippen molar-refractivity contribution < 1.29 is 0 Å². The fourth-order valence-corrected chi connectivity index (χ4v) is 2.85. The molecule has 1 aliphatic rings. The smallest absolute Gasteiger partial charge is 0.0137 e. The fraction of sp³-hybridized carbons (Fsp3) is 0.833. The summed E-state index contributed by atoms with van der Waals surface area (Å²) in [5.41, 5.74) is 0.952. The summed E-state index contributed by atoms with van der Waals surface area (Å²) in [5.74, 6) is 0.781. The van der Waals surface area contributed by atoms with Crippen LogP contribution in [0.4, 0.5) is 0 Å². The van der Waals surface area contributed by atoms with Crippen LogP contribution in [0, 0.1) is 16.7 Å². The molecule has 1 nitrogen and oxygen atoms in total. The number of nitrogens with one attached hydrogen (secondary N) is 1. The van der Waals surface area contributed by atoms with Crippen LogP contribution >= 0.6 is 0 Å². The Hall–Kier alpha value is -0.300. The fourth-order valence-electron chi connectivity index (χ4n) is 2.85. The van der Waals surface area contributed by atoms with Crippen molar-refractivity contribution in [3.8, 4) is 0 Å². The van der Waals surface area contributed by atoms with Gasteiger partial charge in [-0.3, -0.25) is 0 Å². The molecule has 0 saturated heterocycles. The molecule has 1 N–H and O–H groups in total. The number of hydrogen-bond acceptors (Lipinski definition) is 1. The Morgan fingerprint density at radius 1 is 1.31 bits per heavy atom. The molecule has 1 aliphatic carbocycles. The average molecular weight is 181 g/mol. The molecule has 0 spiro atoms. The van der Waals surface area contributed by atoms with E-state index in [1.807, 2.05) is 6.08 Å². The molecule has 1 unspecified atom stereocenters. The highest BCUT2D eigenvalue weighted by atomic mass is 14.9. The van der Waals surface area contributed by atoms with Crippen LogP contribution < -0.4 is 5.32 Å². The molecule has 1 heteroatoms. The van der Waals surface area contributed by atoms with Gasteiger partial charge in [0.25, 0.3) is 0 Å². The summed E-state index contributed by atoms with van der Waals surface area (Å²) < 4.78 is 0. The van der Waals surface area contributed by atoms with Gasteiger partial charge in [0, 0.05) is 6.04 Å².